The molecule has 0 bridgehead atoms. The number of hydrogen-bond acceptors (Lipinski definition) is 8. The molecule has 1 aromatic carbocycles. The number of ketones is 1. The summed E-state index contributed by atoms with van der Waals surface area (Å²) in [6, 6.07) is 3.88. The maximum absolute atomic E-state index is 13.6. The van der Waals surface area contributed by atoms with Crippen molar-refractivity contribution in [3.8, 4) is 11.5 Å². The molecule has 1 amide bonds. The van der Waals surface area contributed by atoms with E-state index in [1.165, 1.54) is 22.3 Å². The number of phenols is 1. The van der Waals surface area contributed by atoms with Crippen molar-refractivity contribution in [1.29, 1.82) is 0 Å². The molecule has 0 spiro atoms. The lowest BCUT2D eigenvalue weighted by Crippen LogP contribution is -2.32. The number of rotatable bonds is 9. The number of imidazole rings is 1. The molecular formula is C24H26N4O5S. The molecule has 9 nitrogen and oxygen atoms in total. The predicted molar refractivity (Wildman–Crippen MR) is 126 cm³/mol. The zero-order chi connectivity index (χ0) is 24.4. The molecule has 3 aromatic rings. The first-order valence-corrected chi connectivity index (χ1v) is 11.8. The second-order valence-electron chi connectivity index (χ2n) is 7.95. The molecule has 1 unspecified atom stereocenters. The van der Waals surface area contributed by atoms with E-state index < -0.39 is 23.5 Å². The number of aliphatic hydroxyl groups is 1. The SMILES string of the molecule is CCOc1cc(C2C(C(=O)c3sc(C)nc3C)=C(O)C(=O)N2CCCn2ccnc2)ccc1O. The van der Waals surface area contributed by atoms with E-state index in [9.17, 15) is 19.8 Å². The second-order valence-corrected chi connectivity index (χ2v) is 9.16. The normalized spacial score (nSPS) is 15.9. The Bertz CT molecular complexity index is 1250. The Kier molecular flexibility index (Phi) is 6.69. The van der Waals surface area contributed by atoms with Gasteiger partial charge < -0.3 is 24.4 Å². The molecule has 178 valence electrons. The van der Waals surface area contributed by atoms with Crippen molar-refractivity contribution in [3.05, 3.63) is 69.4 Å². The number of aliphatic hydroxyl groups excluding tert-OH is 1. The number of aryl methyl sites for hydroxylation is 3. The molecule has 2 N–H and O–H groups in total. The first-order valence-electron chi connectivity index (χ1n) is 11.0. The Morgan fingerprint density at radius 2 is 2.03 bits per heavy atom. The fraction of sp³-hybridized carbons (Fsp3) is 0.333. The van der Waals surface area contributed by atoms with Crippen molar-refractivity contribution >= 4 is 23.0 Å². The number of thiazole rings is 1. The Hall–Kier alpha value is -3.66. The van der Waals surface area contributed by atoms with E-state index in [4.69, 9.17) is 4.74 Å². The number of carbonyl (C=O) groups is 2. The fourth-order valence-corrected chi connectivity index (χ4v) is 5.02. The van der Waals surface area contributed by atoms with E-state index in [0.717, 1.165) is 5.01 Å². The number of hydrogen-bond donors (Lipinski definition) is 2. The lowest BCUT2D eigenvalue weighted by Gasteiger charge is -2.27. The van der Waals surface area contributed by atoms with Crippen molar-refractivity contribution < 1.29 is 24.5 Å². The molecule has 0 aliphatic carbocycles. The maximum atomic E-state index is 13.6. The van der Waals surface area contributed by atoms with Crippen LogP contribution in [0.3, 0.4) is 0 Å². The van der Waals surface area contributed by atoms with E-state index in [-0.39, 0.29) is 17.1 Å². The number of Topliss-reactive ketones (excluding diaryl/α,β-unsaturated/α-hetero) is 1. The van der Waals surface area contributed by atoms with Crippen molar-refractivity contribution in [2.45, 2.75) is 39.8 Å². The molecule has 1 atom stereocenters. The van der Waals surface area contributed by atoms with E-state index in [0.29, 0.717) is 42.3 Å². The highest BCUT2D eigenvalue weighted by atomic mass is 32.1. The Balaban J connectivity index is 1.73. The number of phenolic OH excluding ortho intramolecular Hbond substituents is 1. The number of aromatic nitrogens is 3. The molecule has 0 saturated carbocycles. The molecule has 10 heteroatoms. The largest absolute Gasteiger partial charge is 0.504 e. The molecular weight excluding hydrogens is 456 g/mol. The molecule has 1 aliphatic heterocycles. The second kappa shape index (κ2) is 9.68. The summed E-state index contributed by atoms with van der Waals surface area (Å²) in [4.78, 5) is 37.0. The molecule has 3 heterocycles. The van der Waals surface area contributed by atoms with Gasteiger partial charge in [0.15, 0.2) is 17.3 Å². The molecule has 2 aromatic heterocycles. The first kappa shape index (κ1) is 23.5. The smallest absolute Gasteiger partial charge is 0.290 e. The third-order valence-electron chi connectivity index (χ3n) is 5.63. The maximum Gasteiger partial charge on any atom is 0.290 e. The van der Waals surface area contributed by atoms with Gasteiger partial charge in [-0.15, -0.1) is 11.3 Å². The van der Waals surface area contributed by atoms with Crippen molar-refractivity contribution in [1.82, 2.24) is 19.4 Å². The summed E-state index contributed by atoms with van der Waals surface area (Å²) in [5.41, 5.74) is 1.12. The Morgan fingerprint density at radius 1 is 1.24 bits per heavy atom. The summed E-state index contributed by atoms with van der Waals surface area (Å²) >= 11 is 1.23. The van der Waals surface area contributed by atoms with Crippen LogP contribution < -0.4 is 4.74 Å². The number of aromatic hydroxyl groups is 1. The summed E-state index contributed by atoms with van der Waals surface area (Å²) in [6.07, 6.45) is 5.79. The van der Waals surface area contributed by atoms with Crippen LogP contribution in [0.4, 0.5) is 0 Å². The Morgan fingerprint density at radius 3 is 2.68 bits per heavy atom. The van der Waals surface area contributed by atoms with Gasteiger partial charge in [-0.25, -0.2) is 9.97 Å². The third kappa shape index (κ3) is 4.41. The molecule has 34 heavy (non-hydrogen) atoms. The van der Waals surface area contributed by atoms with Gasteiger partial charge in [-0.2, -0.15) is 0 Å². The summed E-state index contributed by atoms with van der Waals surface area (Å²) in [7, 11) is 0. The molecule has 0 fully saturated rings. The van der Waals surface area contributed by atoms with Crippen LogP contribution in [0.25, 0.3) is 0 Å². The highest BCUT2D eigenvalue weighted by Crippen LogP contribution is 2.42. The van der Waals surface area contributed by atoms with E-state index in [1.807, 2.05) is 10.8 Å². The van der Waals surface area contributed by atoms with Crippen LogP contribution in [0.15, 0.2) is 48.3 Å². The lowest BCUT2D eigenvalue weighted by molar-refractivity contribution is -0.129. The minimum absolute atomic E-state index is 0.00696. The number of nitrogens with zero attached hydrogens (tertiary/aromatic N) is 4. The number of ether oxygens (including phenoxy) is 1. The summed E-state index contributed by atoms with van der Waals surface area (Å²) < 4.78 is 7.42. The van der Waals surface area contributed by atoms with Gasteiger partial charge in [-0.05, 0) is 44.9 Å². The van der Waals surface area contributed by atoms with Crippen LogP contribution in [0, 0.1) is 13.8 Å². The quantitative estimate of drug-likeness (QED) is 0.446. The number of amides is 1. The van der Waals surface area contributed by atoms with Crippen molar-refractivity contribution in [3.63, 3.8) is 0 Å². The van der Waals surface area contributed by atoms with E-state index in [2.05, 4.69) is 9.97 Å². The van der Waals surface area contributed by atoms with E-state index >= 15 is 0 Å². The van der Waals surface area contributed by atoms with Gasteiger partial charge in [0, 0.05) is 25.5 Å². The first-order chi connectivity index (χ1) is 16.3. The van der Waals surface area contributed by atoms with Crippen LogP contribution in [-0.2, 0) is 11.3 Å². The van der Waals surface area contributed by atoms with Gasteiger partial charge in [-0.1, -0.05) is 6.07 Å². The standard InChI is InChI=1S/C24H26N4O5S/c1-4-33-18-12-16(6-7-17(18)29)20-19(21(30)23-14(2)26-15(3)34-23)22(31)24(32)28(20)10-5-9-27-11-8-25-13-27/h6-8,11-13,20,29,31H,4-5,9-10H2,1-3H3. The predicted octanol–water partition coefficient (Wildman–Crippen LogP) is 3.73. The zero-order valence-electron chi connectivity index (χ0n) is 19.2. The summed E-state index contributed by atoms with van der Waals surface area (Å²) in [5.74, 6) is -1.40. The van der Waals surface area contributed by atoms with Crippen LogP contribution in [0.1, 0.15) is 45.3 Å². The average Bonchev–Trinajstić information content (AvgIpc) is 3.50. The topological polar surface area (TPSA) is 118 Å². The lowest BCUT2D eigenvalue weighted by atomic mass is 9.94. The van der Waals surface area contributed by atoms with Crippen LogP contribution >= 0.6 is 11.3 Å². The highest BCUT2D eigenvalue weighted by Gasteiger charge is 2.44. The van der Waals surface area contributed by atoms with Crippen LogP contribution in [0.2, 0.25) is 0 Å². The van der Waals surface area contributed by atoms with Crippen molar-refractivity contribution in [2.24, 2.45) is 0 Å². The summed E-state index contributed by atoms with van der Waals surface area (Å²) in [5, 5.41) is 21.7. The summed E-state index contributed by atoms with van der Waals surface area (Å²) in [6.45, 7) is 6.58. The minimum Gasteiger partial charge on any atom is -0.504 e. The van der Waals surface area contributed by atoms with Crippen LogP contribution in [-0.4, -0.2) is 54.5 Å². The molecule has 0 radical (unpaired) electrons. The van der Waals surface area contributed by atoms with E-state index in [1.54, 1.807) is 45.4 Å². The van der Waals surface area contributed by atoms with Crippen molar-refractivity contribution in [2.75, 3.05) is 13.2 Å². The zero-order valence-corrected chi connectivity index (χ0v) is 20.0. The van der Waals surface area contributed by atoms with Gasteiger partial charge in [-0.3, -0.25) is 9.59 Å². The van der Waals surface area contributed by atoms with Gasteiger partial charge in [0.2, 0.25) is 5.78 Å². The number of carbonyl (C=O) groups excluding carboxylic acids is 2. The Labute approximate surface area is 201 Å². The van der Waals surface area contributed by atoms with Gasteiger partial charge in [0.25, 0.3) is 5.91 Å². The van der Waals surface area contributed by atoms with Gasteiger partial charge in [0.05, 0.1) is 40.1 Å². The minimum atomic E-state index is -0.829. The fourth-order valence-electron chi connectivity index (χ4n) is 4.14. The van der Waals surface area contributed by atoms with Gasteiger partial charge >= 0.3 is 0 Å². The average molecular weight is 483 g/mol. The van der Waals surface area contributed by atoms with Gasteiger partial charge in [0.1, 0.15) is 0 Å². The molecule has 4 rings (SSSR count). The molecule has 0 saturated heterocycles. The number of benzene rings is 1. The monoisotopic (exact) mass is 482 g/mol. The third-order valence-corrected chi connectivity index (χ3v) is 6.70. The highest BCUT2D eigenvalue weighted by molar-refractivity contribution is 7.14. The van der Waals surface area contributed by atoms with Crippen LogP contribution in [0.5, 0.6) is 11.5 Å². The molecule has 1 aliphatic rings.